The smallest absolute Gasteiger partial charge is 0.264 e. The van der Waals surface area contributed by atoms with Crippen LogP contribution in [-0.2, 0) is 23.2 Å². The van der Waals surface area contributed by atoms with Gasteiger partial charge in [-0.05, 0) is 60.9 Å². The number of aliphatic hydroxyl groups is 1. The number of sulfonamides is 1. The quantitative estimate of drug-likeness (QED) is 0.641. The Labute approximate surface area is 171 Å². The molecule has 0 saturated carbocycles. The van der Waals surface area contributed by atoms with Crippen molar-refractivity contribution in [3.8, 4) is 5.75 Å². The lowest BCUT2D eigenvalue weighted by molar-refractivity contribution is 0.281. The van der Waals surface area contributed by atoms with Crippen molar-refractivity contribution in [3.05, 3.63) is 83.2 Å². The highest BCUT2D eigenvalue weighted by Gasteiger charge is 2.29. The van der Waals surface area contributed by atoms with E-state index in [9.17, 15) is 13.5 Å². The van der Waals surface area contributed by atoms with Crippen LogP contribution in [-0.4, -0.2) is 25.6 Å². The average Bonchev–Trinajstić information content (AvgIpc) is 2.74. The predicted octanol–water partition coefficient (Wildman–Crippen LogP) is 3.59. The van der Waals surface area contributed by atoms with E-state index in [0.717, 1.165) is 16.7 Å². The van der Waals surface area contributed by atoms with E-state index in [1.54, 1.807) is 30.6 Å². The van der Waals surface area contributed by atoms with Gasteiger partial charge >= 0.3 is 0 Å². The fourth-order valence-corrected chi connectivity index (χ4v) is 4.77. The minimum Gasteiger partial charge on any atom is -0.497 e. The van der Waals surface area contributed by atoms with Crippen molar-refractivity contribution >= 4 is 15.7 Å². The molecule has 3 aromatic rings. The van der Waals surface area contributed by atoms with Crippen molar-refractivity contribution in [2.24, 2.45) is 0 Å². The lowest BCUT2D eigenvalue weighted by Crippen LogP contribution is -2.32. The third-order valence-corrected chi connectivity index (χ3v) is 6.58. The SMILES string of the molecule is COc1ccc(S(=O)(=O)N(Cc2cccnc2)c2c(C)ccc(C)c2CO)cc1. The zero-order chi connectivity index (χ0) is 21.0. The highest BCUT2D eigenvalue weighted by molar-refractivity contribution is 7.92. The number of aromatic nitrogens is 1. The van der Waals surface area contributed by atoms with Crippen LogP contribution in [0, 0.1) is 13.8 Å². The van der Waals surface area contributed by atoms with E-state index < -0.39 is 10.0 Å². The summed E-state index contributed by atoms with van der Waals surface area (Å²) < 4.78 is 33.8. The highest BCUT2D eigenvalue weighted by Crippen LogP contribution is 2.34. The van der Waals surface area contributed by atoms with Gasteiger partial charge in [0.05, 0.1) is 30.8 Å². The second kappa shape index (κ2) is 8.63. The molecule has 1 heterocycles. The molecule has 3 rings (SSSR count). The van der Waals surface area contributed by atoms with Gasteiger partial charge < -0.3 is 9.84 Å². The summed E-state index contributed by atoms with van der Waals surface area (Å²) in [7, 11) is -2.38. The molecule has 2 aromatic carbocycles. The lowest BCUT2D eigenvalue weighted by atomic mass is 10.0. The molecule has 0 fully saturated rings. The number of nitrogens with zero attached hydrogens (tertiary/aromatic N) is 2. The minimum atomic E-state index is -3.91. The number of pyridine rings is 1. The number of anilines is 1. The van der Waals surface area contributed by atoms with E-state index in [0.29, 0.717) is 17.0 Å². The molecule has 0 bridgehead atoms. The predicted molar refractivity (Wildman–Crippen MR) is 112 cm³/mol. The Kier molecular flexibility index (Phi) is 6.20. The number of hydrogen-bond donors (Lipinski definition) is 1. The third-order valence-electron chi connectivity index (χ3n) is 4.82. The van der Waals surface area contributed by atoms with Gasteiger partial charge in [-0.25, -0.2) is 8.42 Å². The number of hydrogen-bond acceptors (Lipinski definition) is 5. The van der Waals surface area contributed by atoms with Crippen LogP contribution in [0.3, 0.4) is 0 Å². The normalized spacial score (nSPS) is 11.3. The molecule has 0 atom stereocenters. The standard InChI is InChI=1S/C22H24N2O4S/c1-16-6-7-17(2)22(21(16)15-25)24(14-18-5-4-12-23-13-18)29(26,27)20-10-8-19(28-3)9-11-20/h4-13,25H,14-15H2,1-3H3. The molecule has 0 saturated heterocycles. The van der Waals surface area contributed by atoms with Crippen molar-refractivity contribution in [2.75, 3.05) is 11.4 Å². The van der Waals surface area contributed by atoms with Gasteiger partial charge in [-0.2, -0.15) is 0 Å². The summed E-state index contributed by atoms with van der Waals surface area (Å²) in [6.07, 6.45) is 3.28. The van der Waals surface area contributed by atoms with Gasteiger partial charge in [0.15, 0.2) is 0 Å². The van der Waals surface area contributed by atoms with Gasteiger partial charge in [0.2, 0.25) is 0 Å². The number of aryl methyl sites for hydroxylation is 2. The maximum absolute atomic E-state index is 13.7. The summed E-state index contributed by atoms with van der Waals surface area (Å²) in [6.45, 7) is 3.54. The maximum atomic E-state index is 13.7. The van der Waals surface area contributed by atoms with Crippen LogP contribution in [0.4, 0.5) is 5.69 Å². The first-order chi connectivity index (χ1) is 13.9. The van der Waals surface area contributed by atoms with E-state index in [1.807, 2.05) is 32.0 Å². The Hall–Kier alpha value is -2.90. The van der Waals surface area contributed by atoms with E-state index in [4.69, 9.17) is 4.74 Å². The molecule has 1 N–H and O–H groups in total. The largest absolute Gasteiger partial charge is 0.497 e. The molecule has 6 nitrogen and oxygen atoms in total. The van der Waals surface area contributed by atoms with Crippen molar-refractivity contribution in [1.29, 1.82) is 0 Å². The topological polar surface area (TPSA) is 79.7 Å². The Bertz CT molecular complexity index is 1080. The molecule has 0 amide bonds. The van der Waals surface area contributed by atoms with Crippen LogP contribution in [0.5, 0.6) is 5.75 Å². The highest BCUT2D eigenvalue weighted by atomic mass is 32.2. The Morgan fingerprint density at radius 3 is 2.31 bits per heavy atom. The molecule has 0 aliphatic rings. The molecule has 1 aromatic heterocycles. The molecular formula is C22H24N2O4S. The van der Waals surface area contributed by atoms with Gasteiger partial charge in [-0.15, -0.1) is 0 Å². The lowest BCUT2D eigenvalue weighted by Gasteiger charge is -2.29. The van der Waals surface area contributed by atoms with Gasteiger partial charge in [0.25, 0.3) is 10.0 Å². The van der Waals surface area contributed by atoms with Crippen LogP contribution >= 0.6 is 0 Å². The van der Waals surface area contributed by atoms with Crippen molar-refractivity contribution in [1.82, 2.24) is 4.98 Å². The van der Waals surface area contributed by atoms with Crippen LogP contribution in [0.2, 0.25) is 0 Å². The molecular weight excluding hydrogens is 388 g/mol. The number of ether oxygens (including phenoxy) is 1. The Morgan fingerprint density at radius 2 is 1.72 bits per heavy atom. The summed E-state index contributed by atoms with van der Waals surface area (Å²) in [6, 6.07) is 13.6. The fourth-order valence-electron chi connectivity index (χ4n) is 3.22. The summed E-state index contributed by atoms with van der Waals surface area (Å²) in [5.41, 5.74) is 3.42. The monoisotopic (exact) mass is 412 g/mol. The second-order valence-electron chi connectivity index (χ2n) is 6.73. The number of rotatable bonds is 7. The molecule has 0 aliphatic heterocycles. The van der Waals surface area contributed by atoms with E-state index in [2.05, 4.69) is 4.98 Å². The van der Waals surface area contributed by atoms with Gasteiger partial charge in [0.1, 0.15) is 5.75 Å². The Balaban J connectivity index is 2.20. The van der Waals surface area contributed by atoms with Crippen LogP contribution in [0.25, 0.3) is 0 Å². The van der Waals surface area contributed by atoms with Crippen molar-refractivity contribution < 1.29 is 18.3 Å². The van der Waals surface area contributed by atoms with Crippen LogP contribution in [0.1, 0.15) is 22.3 Å². The molecule has 29 heavy (non-hydrogen) atoms. The second-order valence-corrected chi connectivity index (χ2v) is 8.60. The molecule has 0 aliphatic carbocycles. The van der Waals surface area contributed by atoms with Crippen molar-refractivity contribution in [2.45, 2.75) is 31.9 Å². The van der Waals surface area contributed by atoms with E-state index >= 15 is 0 Å². The number of aliphatic hydroxyl groups excluding tert-OH is 1. The number of methoxy groups -OCH3 is 1. The van der Waals surface area contributed by atoms with Crippen molar-refractivity contribution in [3.63, 3.8) is 0 Å². The first kappa shape index (κ1) is 20.8. The molecule has 152 valence electrons. The fraction of sp³-hybridized carbons (Fsp3) is 0.227. The first-order valence-electron chi connectivity index (χ1n) is 9.14. The van der Waals surface area contributed by atoms with Gasteiger partial charge in [-0.3, -0.25) is 9.29 Å². The molecule has 0 radical (unpaired) electrons. The molecule has 7 heteroatoms. The summed E-state index contributed by atoms with van der Waals surface area (Å²) >= 11 is 0. The van der Waals surface area contributed by atoms with Crippen LogP contribution in [0.15, 0.2) is 65.8 Å². The first-order valence-corrected chi connectivity index (χ1v) is 10.6. The summed E-state index contributed by atoms with van der Waals surface area (Å²) in [4.78, 5) is 4.25. The zero-order valence-corrected chi connectivity index (χ0v) is 17.5. The average molecular weight is 413 g/mol. The van der Waals surface area contributed by atoms with E-state index in [-0.39, 0.29) is 18.0 Å². The third kappa shape index (κ3) is 4.26. The molecule has 0 spiro atoms. The van der Waals surface area contributed by atoms with Gasteiger partial charge in [-0.1, -0.05) is 18.2 Å². The molecule has 0 unspecified atom stereocenters. The summed E-state index contributed by atoms with van der Waals surface area (Å²) in [5.74, 6) is 0.575. The van der Waals surface area contributed by atoms with Gasteiger partial charge in [0, 0.05) is 18.0 Å². The Morgan fingerprint density at radius 1 is 1.03 bits per heavy atom. The minimum absolute atomic E-state index is 0.0967. The zero-order valence-electron chi connectivity index (χ0n) is 16.7. The van der Waals surface area contributed by atoms with E-state index in [1.165, 1.54) is 23.5 Å². The maximum Gasteiger partial charge on any atom is 0.264 e. The number of benzene rings is 2. The van der Waals surface area contributed by atoms with Crippen LogP contribution < -0.4 is 9.04 Å². The summed E-state index contributed by atoms with van der Waals surface area (Å²) in [5, 5.41) is 9.99.